The number of hydrogen-bond donors (Lipinski definition) is 1. The summed E-state index contributed by atoms with van der Waals surface area (Å²) in [5, 5.41) is 3.41. The summed E-state index contributed by atoms with van der Waals surface area (Å²) < 4.78 is 13.0. The molecule has 2 aromatic rings. The van der Waals surface area contributed by atoms with Crippen molar-refractivity contribution in [3.63, 3.8) is 0 Å². The third kappa shape index (κ3) is 4.53. The number of nitrogens with zero attached hydrogens (tertiary/aromatic N) is 2. The van der Waals surface area contributed by atoms with Gasteiger partial charge in [0.2, 0.25) is 0 Å². The van der Waals surface area contributed by atoms with E-state index in [1.54, 1.807) is 18.3 Å². The van der Waals surface area contributed by atoms with E-state index in [1.807, 2.05) is 13.1 Å². The summed E-state index contributed by atoms with van der Waals surface area (Å²) in [4.78, 5) is 6.57. The number of benzene rings is 1. The number of nitrogens with one attached hydrogen (secondary N) is 1. The van der Waals surface area contributed by atoms with Gasteiger partial charge in [0.25, 0.3) is 0 Å². The molecule has 4 heteroatoms. The zero-order chi connectivity index (χ0) is 15.2. The molecule has 1 N–H and O–H groups in total. The molecule has 0 amide bonds. The molecular weight excluding hydrogens is 265 g/mol. The Morgan fingerprint density at radius 1 is 1.19 bits per heavy atom. The summed E-state index contributed by atoms with van der Waals surface area (Å²) in [6.45, 7) is 5.73. The molecule has 0 aliphatic heterocycles. The highest BCUT2D eigenvalue weighted by Crippen LogP contribution is 2.18. The average Bonchev–Trinajstić information content (AvgIpc) is 2.47. The number of pyridine rings is 1. The first-order valence-corrected chi connectivity index (χ1v) is 7.19. The lowest BCUT2D eigenvalue weighted by Crippen LogP contribution is -2.25. The minimum atomic E-state index is -0.207. The van der Waals surface area contributed by atoms with Gasteiger partial charge in [0.1, 0.15) is 11.6 Å². The molecule has 1 heterocycles. The number of hydrogen-bond acceptors (Lipinski definition) is 3. The Bertz CT molecular complexity index is 567. The number of rotatable bonds is 6. The van der Waals surface area contributed by atoms with Crippen molar-refractivity contribution in [2.45, 2.75) is 33.0 Å². The molecule has 21 heavy (non-hydrogen) atoms. The third-order valence-electron chi connectivity index (χ3n) is 3.26. The molecule has 0 aliphatic rings. The summed E-state index contributed by atoms with van der Waals surface area (Å²) in [5.74, 6) is 0.746. The van der Waals surface area contributed by atoms with Gasteiger partial charge in [0, 0.05) is 37.9 Å². The van der Waals surface area contributed by atoms with E-state index in [9.17, 15) is 4.39 Å². The van der Waals surface area contributed by atoms with Gasteiger partial charge in [-0.15, -0.1) is 0 Å². The van der Waals surface area contributed by atoms with Gasteiger partial charge in [-0.1, -0.05) is 32.0 Å². The van der Waals surface area contributed by atoms with Crippen LogP contribution in [0, 0.1) is 5.82 Å². The lowest BCUT2D eigenvalue weighted by atomic mass is 10.2. The van der Waals surface area contributed by atoms with Crippen LogP contribution in [-0.2, 0) is 13.1 Å². The van der Waals surface area contributed by atoms with Crippen molar-refractivity contribution in [3.8, 4) is 0 Å². The summed E-state index contributed by atoms with van der Waals surface area (Å²) in [6, 6.07) is 11.1. The third-order valence-corrected chi connectivity index (χ3v) is 3.26. The summed E-state index contributed by atoms with van der Waals surface area (Å²) in [6.07, 6.45) is 1.80. The highest BCUT2D eigenvalue weighted by molar-refractivity contribution is 5.46. The normalized spacial score (nSPS) is 10.9. The van der Waals surface area contributed by atoms with Crippen LogP contribution in [0.25, 0.3) is 0 Å². The molecule has 0 saturated carbocycles. The lowest BCUT2D eigenvalue weighted by molar-refractivity contribution is 0.587. The van der Waals surface area contributed by atoms with Crippen molar-refractivity contribution >= 4 is 5.82 Å². The van der Waals surface area contributed by atoms with Crippen molar-refractivity contribution in [2.75, 3.05) is 11.9 Å². The fourth-order valence-electron chi connectivity index (χ4n) is 2.16. The van der Waals surface area contributed by atoms with Crippen LogP contribution in [0.2, 0.25) is 0 Å². The minimum Gasteiger partial charge on any atom is -0.355 e. The first-order chi connectivity index (χ1) is 10.1. The molecule has 0 aliphatic carbocycles. The fourth-order valence-corrected chi connectivity index (χ4v) is 2.16. The summed E-state index contributed by atoms with van der Waals surface area (Å²) >= 11 is 0. The SMILES string of the molecule is CC(C)NCc1cccnc1N(C)Cc1ccc(F)cc1. The van der Waals surface area contributed by atoms with Gasteiger partial charge >= 0.3 is 0 Å². The smallest absolute Gasteiger partial charge is 0.133 e. The maximum Gasteiger partial charge on any atom is 0.133 e. The Balaban J connectivity index is 2.11. The Morgan fingerprint density at radius 3 is 2.57 bits per heavy atom. The Morgan fingerprint density at radius 2 is 1.90 bits per heavy atom. The molecule has 2 rings (SSSR count). The van der Waals surface area contributed by atoms with E-state index in [1.165, 1.54) is 12.1 Å². The van der Waals surface area contributed by atoms with Gasteiger partial charge < -0.3 is 10.2 Å². The Hall–Kier alpha value is -1.94. The van der Waals surface area contributed by atoms with Crippen LogP contribution >= 0.6 is 0 Å². The second-order valence-corrected chi connectivity index (χ2v) is 5.50. The van der Waals surface area contributed by atoms with Crippen LogP contribution in [0.1, 0.15) is 25.0 Å². The van der Waals surface area contributed by atoms with Gasteiger partial charge in [0.05, 0.1) is 0 Å². The van der Waals surface area contributed by atoms with E-state index < -0.39 is 0 Å². The molecule has 0 atom stereocenters. The quantitative estimate of drug-likeness (QED) is 0.883. The first kappa shape index (κ1) is 15.4. The number of halogens is 1. The van der Waals surface area contributed by atoms with E-state index in [2.05, 4.69) is 35.1 Å². The minimum absolute atomic E-state index is 0.207. The van der Waals surface area contributed by atoms with Gasteiger partial charge in [0.15, 0.2) is 0 Å². The molecule has 0 spiro atoms. The molecule has 0 unspecified atom stereocenters. The van der Waals surface area contributed by atoms with E-state index in [0.29, 0.717) is 12.6 Å². The monoisotopic (exact) mass is 287 g/mol. The Kier molecular flexibility index (Phi) is 5.28. The first-order valence-electron chi connectivity index (χ1n) is 7.19. The average molecular weight is 287 g/mol. The molecule has 0 saturated heterocycles. The van der Waals surface area contributed by atoms with Crippen LogP contribution in [0.3, 0.4) is 0 Å². The van der Waals surface area contributed by atoms with Crippen LogP contribution in [0.5, 0.6) is 0 Å². The van der Waals surface area contributed by atoms with Gasteiger partial charge in [-0.3, -0.25) is 0 Å². The molecular formula is C17H22FN3. The molecule has 3 nitrogen and oxygen atoms in total. The van der Waals surface area contributed by atoms with Crippen molar-refractivity contribution in [2.24, 2.45) is 0 Å². The van der Waals surface area contributed by atoms with Gasteiger partial charge in [-0.05, 0) is 23.8 Å². The molecule has 112 valence electrons. The van der Waals surface area contributed by atoms with E-state index in [4.69, 9.17) is 0 Å². The molecule has 0 fully saturated rings. The lowest BCUT2D eigenvalue weighted by Gasteiger charge is -2.22. The Labute approximate surface area is 125 Å². The predicted molar refractivity (Wildman–Crippen MR) is 84.7 cm³/mol. The van der Waals surface area contributed by atoms with E-state index >= 15 is 0 Å². The van der Waals surface area contributed by atoms with E-state index in [0.717, 1.165) is 23.5 Å². The molecule has 0 radical (unpaired) electrons. The second kappa shape index (κ2) is 7.18. The highest BCUT2D eigenvalue weighted by atomic mass is 19.1. The maximum atomic E-state index is 13.0. The largest absolute Gasteiger partial charge is 0.355 e. The summed E-state index contributed by atoms with van der Waals surface area (Å²) in [5.41, 5.74) is 2.23. The molecule has 1 aromatic heterocycles. The van der Waals surface area contributed by atoms with E-state index in [-0.39, 0.29) is 5.82 Å². The zero-order valence-electron chi connectivity index (χ0n) is 12.8. The standard InChI is InChI=1S/C17H22FN3/c1-13(2)20-11-15-5-4-10-19-17(15)21(3)12-14-6-8-16(18)9-7-14/h4-10,13,20H,11-12H2,1-3H3. The van der Waals surface area contributed by atoms with Crippen LogP contribution in [0.15, 0.2) is 42.6 Å². The van der Waals surface area contributed by atoms with Crippen molar-refractivity contribution < 1.29 is 4.39 Å². The predicted octanol–water partition coefficient (Wildman–Crippen LogP) is 3.36. The van der Waals surface area contributed by atoms with Crippen molar-refractivity contribution in [1.29, 1.82) is 0 Å². The summed E-state index contributed by atoms with van der Waals surface area (Å²) in [7, 11) is 2.00. The van der Waals surface area contributed by atoms with Crippen LogP contribution in [0.4, 0.5) is 10.2 Å². The fraction of sp³-hybridized carbons (Fsp3) is 0.353. The van der Waals surface area contributed by atoms with Crippen LogP contribution < -0.4 is 10.2 Å². The van der Waals surface area contributed by atoms with Gasteiger partial charge in [-0.2, -0.15) is 0 Å². The van der Waals surface area contributed by atoms with Gasteiger partial charge in [-0.25, -0.2) is 9.37 Å². The number of anilines is 1. The molecule has 1 aromatic carbocycles. The number of aromatic nitrogens is 1. The van der Waals surface area contributed by atoms with Crippen LogP contribution in [-0.4, -0.2) is 18.1 Å². The van der Waals surface area contributed by atoms with Crippen molar-refractivity contribution in [3.05, 3.63) is 59.5 Å². The zero-order valence-corrected chi connectivity index (χ0v) is 12.8. The second-order valence-electron chi connectivity index (χ2n) is 5.50. The topological polar surface area (TPSA) is 28.2 Å². The van der Waals surface area contributed by atoms with Crippen molar-refractivity contribution in [1.82, 2.24) is 10.3 Å². The highest BCUT2D eigenvalue weighted by Gasteiger charge is 2.09. The maximum absolute atomic E-state index is 13.0. The molecule has 0 bridgehead atoms.